The minimum absolute atomic E-state index is 0.238. The van der Waals surface area contributed by atoms with E-state index in [1.807, 2.05) is 36.4 Å². The minimum atomic E-state index is -0.319. The molecule has 1 atom stereocenters. The Morgan fingerprint density at radius 3 is 2.60 bits per heavy atom. The number of rotatable bonds is 1. The molecule has 0 aromatic heterocycles. The van der Waals surface area contributed by atoms with E-state index in [1.165, 1.54) is 6.07 Å². The summed E-state index contributed by atoms with van der Waals surface area (Å²) in [6.07, 6.45) is 1.80. The molecule has 3 heteroatoms. The van der Waals surface area contributed by atoms with Gasteiger partial charge in [-0.25, -0.2) is 4.39 Å². The number of hydrogen-bond donors (Lipinski definition) is 0. The smallest absolute Gasteiger partial charge is 0.161 e. The van der Waals surface area contributed by atoms with Gasteiger partial charge in [-0.15, -0.1) is 0 Å². The van der Waals surface area contributed by atoms with Crippen LogP contribution < -0.4 is 4.90 Å². The maximum absolute atomic E-state index is 13.9. The molecular formula is C22H16FNO. The van der Waals surface area contributed by atoms with Crippen LogP contribution in [-0.2, 0) is 11.3 Å². The molecule has 0 bridgehead atoms. The fourth-order valence-corrected chi connectivity index (χ4v) is 3.66. The second-order valence-corrected chi connectivity index (χ2v) is 6.33. The Morgan fingerprint density at radius 1 is 0.920 bits per heavy atom. The minimum Gasteiger partial charge on any atom is -0.349 e. The summed E-state index contributed by atoms with van der Waals surface area (Å²) < 4.78 is 20.0. The Morgan fingerprint density at radius 2 is 1.72 bits per heavy atom. The van der Waals surface area contributed by atoms with Gasteiger partial charge in [-0.05, 0) is 35.4 Å². The Kier molecular flexibility index (Phi) is 3.22. The second-order valence-electron chi connectivity index (χ2n) is 6.33. The Hall–Kier alpha value is -2.91. The quantitative estimate of drug-likeness (QED) is 0.595. The molecule has 5 rings (SSSR count). The summed E-state index contributed by atoms with van der Waals surface area (Å²) >= 11 is 0. The summed E-state index contributed by atoms with van der Waals surface area (Å²) in [5.74, 6) is -0.238. The molecule has 2 aliphatic rings. The van der Waals surface area contributed by atoms with Crippen LogP contribution in [-0.4, -0.2) is 0 Å². The van der Waals surface area contributed by atoms with Gasteiger partial charge in [-0.1, -0.05) is 54.6 Å². The van der Waals surface area contributed by atoms with Gasteiger partial charge in [0.2, 0.25) is 0 Å². The van der Waals surface area contributed by atoms with E-state index in [9.17, 15) is 4.39 Å². The number of ether oxygens (including phenoxy) is 1. The molecule has 0 spiro atoms. The Labute approximate surface area is 145 Å². The van der Waals surface area contributed by atoms with Gasteiger partial charge in [0.15, 0.2) is 6.23 Å². The molecule has 3 aromatic rings. The molecule has 2 nitrogen and oxygen atoms in total. The van der Waals surface area contributed by atoms with E-state index >= 15 is 0 Å². The van der Waals surface area contributed by atoms with Crippen molar-refractivity contribution >= 4 is 17.5 Å². The van der Waals surface area contributed by atoms with E-state index in [4.69, 9.17) is 4.74 Å². The van der Waals surface area contributed by atoms with E-state index < -0.39 is 0 Å². The van der Waals surface area contributed by atoms with Crippen LogP contribution in [0.5, 0.6) is 0 Å². The maximum atomic E-state index is 13.9. The molecule has 2 aliphatic heterocycles. The summed E-state index contributed by atoms with van der Waals surface area (Å²) in [5, 5.41) is 0. The third-order valence-electron chi connectivity index (χ3n) is 4.82. The average Bonchev–Trinajstić information content (AvgIpc) is 2.67. The summed E-state index contributed by atoms with van der Waals surface area (Å²) in [6.45, 7) is 0.523. The summed E-state index contributed by atoms with van der Waals surface area (Å²) in [7, 11) is 0. The first-order chi connectivity index (χ1) is 12.3. The molecule has 0 N–H and O–H groups in total. The first-order valence-corrected chi connectivity index (χ1v) is 8.36. The first kappa shape index (κ1) is 14.4. The lowest BCUT2D eigenvalue weighted by Gasteiger charge is -2.43. The summed E-state index contributed by atoms with van der Waals surface area (Å²) in [5.41, 5.74) is 6.30. The molecule has 25 heavy (non-hydrogen) atoms. The highest BCUT2D eigenvalue weighted by Crippen LogP contribution is 2.46. The van der Waals surface area contributed by atoms with Crippen molar-refractivity contribution in [3.05, 3.63) is 101 Å². The zero-order valence-corrected chi connectivity index (χ0v) is 13.5. The third kappa shape index (κ3) is 2.28. The van der Waals surface area contributed by atoms with Crippen LogP contribution in [0.2, 0.25) is 0 Å². The van der Waals surface area contributed by atoms with Crippen molar-refractivity contribution in [2.75, 3.05) is 4.90 Å². The van der Waals surface area contributed by atoms with Crippen LogP contribution in [0.25, 0.3) is 11.8 Å². The van der Waals surface area contributed by atoms with Gasteiger partial charge < -0.3 is 9.64 Å². The molecule has 1 unspecified atom stereocenters. The van der Waals surface area contributed by atoms with Crippen molar-refractivity contribution in [2.45, 2.75) is 12.8 Å². The van der Waals surface area contributed by atoms with E-state index in [0.717, 1.165) is 33.6 Å². The number of halogens is 1. The van der Waals surface area contributed by atoms with Crippen molar-refractivity contribution in [1.82, 2.24) is 0 Å². The Balaban J connectivity index is 1.77. The van der Waals surface area contributed by atoms with Gasteiger partial charge in [-0.2, -0.15) is 0 Å². The first-order valence-electron chi connectivity index (χ1n) is 8.36. The van der Waals surface area contributed by atoms with Gasteiger partial charge >= 0.3 is 0 Å². The molecule has 0 fully saturated rings. The van der Waals surface area contributed by atoms with Crippen LogP contribution in [0, 0.1) is 5.82 Å². The predicted octanol–water partition coefficient (Wildman–Crippen LogP) is 5.37. The topological polar surface area (TPSA) is 12.5 Å². The van der Waals surface area contributed by atoms with Gasteiger partial charge in [0.1, 0.15) is 5.82 Å². The summed E-state index contributed by atoms with van der Waals surface area (Å²) in [6, 6.07) is 23.4. The van der Waals surface area contributed by atoms with Crippen molar-refractivity contribution in [3.8, 4) is 0 Å². The van der Waals surface area contributed by atoms with E-state index in [0.29, 0.717) is 6.61 Å². The predicted molar refractivity (Wildman–Crippen MR) is 97.2 cm³/mol. The molecule has 0 saturated heterocycles. The molecule has 3 aromatic carbocycles. The number of para-hydroxylation sites is 1. The molecule has 122 valence electrons. The second kappa shape index (κ2) is 5.57. The molecule has 0 aliphatic carbocycles. The number of nitrogens with zero attached hydrogens (tertiary/aromatic N) is 1. The number of anilines is 1. The third-order valence-corrected chi connectivity index (χ3v) is 4.82. The fraction of sp³-hybridized carbons (Fsp3) is 0.0909. The molecule has 0 saturated carbocycles. The van der Waals surface area contributed by atoms with Gasteiger partial charge in [0.25, 0.3) is 0 Å². The largest absolute Gasteiger partial charge is 0.349 e. The molecule has 2 heterocycles. The van der Waals surface area contributed by atoms with Crippen LogP contribution >= 0.6 is 0 Å². The Bertz CT molecular complexity index is 980. The zero-order valence-electron chi connectivity index (χ0n) is 13.5. The van der Waals surface area contributed by atoms with Gasteiger partial charge in [0.05, 0.1) is 12.3 Å². The highest BCUT2D eigenvalue weighted by molar-refractivity contribution is 5.94. The van der Waals surface area contributed by atoms with Crippen LogP contribution in [0.1, 0.15) is 28.5 Å². The van der Waals surface area contributed by atoms with E-state index in [1.54, 1.807) is 6.07 Å². The van der Waals surface area contributed by atoms with Crippen LogP contribution in [0.4, 0.5) is 10.1 Å². The highest BCUT2D eigenvalue weighted by Gasteiger charge is 2.35. The number of hydrogen-bond acceptors (Lipinski definition) is 2. The van der Waals surface area contributed by atoms with E-state index in [-0.39, 0.29) is 12.0 Å². The lowest BCUT2D eigenvalue weighted by molar-refractivity contribution is 0.0342. The molecular weight excluding hydrogens is 313 g/mol. The monoisotopic (exact) mass is 329 g/mol. The zero-order chi connectivity index (χ0) is 16.8. The average molecular weight is 329 g/mol. The number of fused-ring (bicyclic) bond motifs is 5. The standard InChI is InChI=1S/C22H16FNO/c23-18-11-10-16-12-21(15-6-2-1-3-7-15)24-20-9-5-4-8-17(20)14-25-22(24)19(16)13-18/h1-13,22H,14H2. The van der Waals surface area contributed by atoms with Crippen LogP contribution in [0.3, 0.4) is 0 Å². The molecule has 0 amide bonds. The normalized spacial score (nSPS) is 18.0. The molecule has 0 radical (unpaired) electrons. The fourth-order valence-electron chi connectivity index (χ4n) is 3.66. The SMILES string of the molecule is Fc1ccc2c(c1)C1OCc3ccccc3N1C(c1ccccc1)=C2. The maximum Gasteiger partial charge on any atom is 0.161 e. The van der Waals surface area contributed by atoms with Gasteiger partial charge in [0, 0.05) is 16.8 Å². The summed E-state index contributed by atoms with van der Waals surface area (Å²) in [4.78, 5) is 2.18. The van der Waals surface area contributed by atoms with Crippen molar-refractivity contribution < 1.29 is 9.13 Å². The van der Waals surface area contributed by atoms with Crippen molar-refractivity contribution in [2.24, 2.45) is 0 Å². The lowest BCUT2D eigenvalue weighted by atomic mass is 9.94. The highest BCUT2D eigenvalue weighted by atomic mass is 19.1. The van der Waals surface area contributed by atoms with Crippen molar-refractivity contribution in [1.29, 1.82) is 0 Å². The van der Waals surface area contributed by atoms with Gasteiger partial charge in [-0.3, -0.25) is 0 Å². The van der Waals surface area contributed by atoms with Crippen molar-refractivity contribution in [3.63, 3.8) is 0 Å². The lowest BCUT2D eigenvalue weighted by Crippen LogP contribution is -2.36. The van der Waals surface area contributed by atoms with Crippen LogP contribution in [0.15, 0.2) is 72.8 Å². The van der Waals surface area contributed by atoms with E-state index in [2.05, 4.69) is 35.2 Å². The number of benzene rings is 3.